The van der Waals surface area contributed by atoms with Gasteiger partial charge in [-0.15, -0.1) is 0 Å². The van der Waals surface area contributed by atoms with E-state index in [1.54, 1.807) is 6.92 Å². The lowest BCUT2D eigenvalue weighted by molar-refractivity contribution is -0.147. The third kappa shape index (κ3) is 3.74. The molecule has 4 heteroatoms. The smallest absolute Gasteiger partial charge is 0.346 e. The molecule has 1 aromatic rings. The Morgan fingerprint density at radius 1 is 1.44 bits per heavy atom. The summed E-state index contributed by atoms with van der Waals surface area (Å²) in [6.07, 6.45) is -0.600. The summed E-state index contributed by atoms with van der Waals surface area (Å²) in [5.41, 5.74) is 2.06. The Morgan fingerprint density at radius 2 is 2.17 bits per heavy atom. The lowest BCUT2D eigenvalue weighted by Crippen LogP contribution is -2.26. The fourth-order valence-electron chi connectivity index (χ4n) is 1.67. The molecule has 0 bridgehead atoms. The molecule has 0 amide bonds. The summed E-state index contributed by atoms with van der Waals surface area (Å²) in [6, 6.07) is 5.95. The van der Waals surface area contributed by atoms with Crippen molar-refractivity contribution in [3.05, 3.63) is 29.3 Å². The minimum Gasteiger partial charge on any atom is -0.478 e. The number of para-hydroxylation sites is 1. The van der Waals surface area contributed by atoms with E-state index in [2.05, 4.69) is 10.1 Å². The van der Waals surface area contributed by atoms with E-state index in [0.717, 1.165) is 30.0 Å². The first-order chi connectivity index (χ1) is 8.60. The van der Waals surface area contributed by atoms with Crippen molar-refractivity contribution in [1.29, 1.82) is 0 Å². The number of carbonyl (C=O) groups is 1. The molecule has 0 spiro atoms. The van der Waals surface area contributed by atoms with Crippen LogP contribution in [0.15, 0.2) is 18.2 Å². The zero-order valence-electron chi connectivity index (χ0n) is 11.4. The summed E-state index contributed by atoms with van der Waals surface area (Å²) >= 11 is 0. The van der Waals surface area contributed by atoms with Gasteiger partial charge in [0.1, 0.15) is 5.75 Å². The highest BCUT2D eigenvalue weighted by Crippen LogP contribution is 2.24. The maximum atomic E-state index is 11.4. The average molecular weight is 251 g/mol. The van der Waals surface area contributed by atoms with Crippen molar-refractivity contribution >= 4 is 5.97 Å². The normalized spacial score (nSPS) is 12.0. The number of aryl methyl sites for hydroxylation is 1. The van der Waals surface area contributed by atoms with Gasteiger partial charge in [-0.25, -0.2) is 4.79 Å². The van der Waals surface area contributed by atoms with Crippen LogP contribution in [0.4, 0.5) is 0 Å². The molecule has 1 rings (SSSR count). The van der Waals surface area contributed by atoms with Crippen LogP contribution >= 0.6 is 0 Å². The van der Waals surface area contributed by atoms with Crippen molar-refractivity contribution in [1.82, 2.24) is 5.32 Å². The minimum atomic E-state index is -0.600. The van der Waals surface area contributed by atoms with Crippen LogP contribution in [0.2, 0.25) is 0 Å². The molecule has 0 aliphatic carbocycles. The number of hydrogen-bond acceptors (Lipinski definition) is 4. The SMILES string of the molecule is CCNCc1cccc(C)c1OC(C)C(=O)OC. The van der Waals surface area contributed by atoms with E-state index in [1.807, 2.05) is 32.0 Å². The summed E-state index contributed by atoms with van der Waals surface area (Å²) < 4.78 is 10.4. The first kappa shape index (κ1) is 14.5. The third-order valence-corrected chi connectivity index (χ3v) is 2.69. The monoisotopic (exact) mass is 251 g/mol. The number of rotatable bonds is 6. The van der Waals surface area contributed by atoms with Crippen molar-refractivity contribution < 1.29 is 14.3 Å². The number of nitrogens with one attached hydrogen (secondary N) is 1. The van der Waals surface area contributed by atoms with Gasteiger partial charge in [0.05, 0.1) is 7.11 Å². The third-order valence-electron chi connectivity index (χ3n) is 2.69. The maximum absolute atomic E-state index is 11.4. The van der Waals surface area contributed by atoms with E-state index < -0.39 is 6.10 Å². The Labute approximate surface area is 108 Å². The first-order valence-electron chi connectivity index (χ1n) is 6.13. The highest BCUT2D eigenvalue weighted by Gasteiger charge is 2.17. The van der Waals surface area contributed by atoms with Crippen molar-refractivity contribution in [3.63, 3.8) is 0 Å². The summed E-state index contributed by atoms with van der Waals surface area (Å²) in [4.78, 5) is 11.4. The van der Waals surface area contributed by atoms with E-state index >= 15 is 0 Å². The summed E-state index contributed by atoms with van der Waals surface area (Å²) in [5, 5.41) is 3.25. The highest BCUT2D eigenvalue weighted by molar-refractivity contribution is 5.74. The van der Waals surface area contributed by atoms with Crippen LogP contribution < -0.4 is 10.1 Å². The Morgan fingerprint density at radius 3 is 2.78 bits per heavy atom. The quantitative estimate of drug-likeness (QED) is 0.786. The fourth-order valence-corrected chi connectivity index (χ4v) is 1.67. The number of methoxy groups -OCH3 is 1. The Hall–Kier alpha value is -1.55. The van der Waals surface area contributed by atoms with Gasteiger partial charge in [-0.1, -0.05) is 25.1 Å². The lowest BCUT2D eigenvalue weighted by atomic mass is 10.1. The van der Waals surface area contributed by atoms with Crippen molar-refractivity contribution in [2.45, 2.75) is 33.4 Å². The van der Waals surface area contributed by atoms with Gasteiger partial charge in [0.15, 0.2) is 6.10 Å². The van der Waals surface area contributed by atoms with Gasteiger partial charge < -0.3 is 14.8 Å². The van der Waals surface area contributed by atoms with Crippen LogP contribution in [-0.2, 0) is 16.1 Å². The molecule has 0 aliphatic rings. The molecule has 4 nitrogen and oxygen atoms in total. The van der Waals surface area contributed by atoms with Gasteiger partial charge in [-0.3, -0.25) is 0 Å². The Bertz CT molecular complexity index is 404. The molecule has 1 aromatic carbocycles. The number of esters is 1. The summed E-state index contributed by atoms with van der Waals surface area (Å²) in [6.45, 7) is 7.32. The summed E-state index contributed by atoms with van der Waals surface area (Å²) in [7, 11) is 1.36. The number of benzene rings is 1. The number of carbonyl (C=O) groups excluding carboxylic acids is 1. The predicted octanol–water partition coefficient (Wildman–Crippen LogP) is 2.04. The average Bonchev–Trinajstić information content (AvgIpc) is 2.38. The molecule has 18 heavy (non-hydrogen) atoms. The van der Waals surface area contributed by atoms with Crippen molar-refractivity contribution in [3.8, 4) is 5.75 Å². The molecule has 100 valence electrons. The fraction of sp³-hybridized carbons (Fsp3) is 0.500. The first-order valence-corrected chi connectivity index (χ1v) is 6.13. The molecule has 1 unspecified atom stereocenters. The number of hydrogen-bond donors (Lipinski definition) is 1. The molecule has 0 aliphatic heterocycles. The Balaban J connectivity index is 2.88. The molecule has 0 fully saturated rings. The molecule has 0 saturated carbocycles. The lowest BCUT2D eigenvalue weighted by Gasteiger charge is -2.18. The standard InChI is InChI=1S/C14H21NO3/c1-5-15-9-12-8-6-7-10(2)13(12)18-11(3)14(16)17-4/h6-8,11,15H,5,9H2,1-4H3. The molecule has 1 atom stereocenters. The van der Waals surface area contributed by atoms with Gasteiger partial charge in [0.25, 0.3) is 0 Å². The summed E-state index contributed by atoms with van der Waals surface area (Å²) in [5.74, 6) is 0.393. The molecular formula is C14H21NO3. The van der Waals surface area contributed by atoms with Crippen molar-refractivity contribution in [2.24, 2.45) is 0 Å². The van der Waals surface area contributed by atoms with E-state index in [1.165, 1.54) is 7.11 Å². The molecule has 0 heterocycles. The van der Waals surface area contributed by atoms with Crippen LogP contribution in [0.1, 0.15) is 25.0 Å². The Kier molecular flexibility index (Phi) is 5.65. The van der Waals surface area contributed by atoms with E-state index in [4.69, 9.17) is 4.74 Å². The second-order valence-electron chi connectivity index (χ2n) is 4.13. The maximum Gasteiger partial charge on any atom is 0.346 e. The molecule has 0 radical (unpaired) electrons. The van der Waals surface area contributed by atoms with Crippen molar-refractivity contribution in [2.75, 3.05) is 13.7 Å². The zero-order valence-corrected chi connectivity index (χ0v) is 11.4. The van der Waals surface area contributed by atoms with Gasteiger partial charge >= 0.3 is 5.97 Å². The number of ether oxygens (including phenoxy) is 2. The second kappa shape index (κ2) is 7.01. The second-order valence-corrected chi connectivity index (χ2v) is 4.13. The molecular weight excluding hydrogens is 230 g/mol. The highest BCUT2D eigenvalue weighted by atomic mass is 16.6. The van der Waals surface area contributed by atoms with Gasteiger partial charge in [0.2, 0.25) is 0 Å². The molecule has 0 aromatic heterocycles. The van der Waals surface area contributed by atoms with Crippen LogP contribution in [0, 0.1) is 6.92 Å². The molecule has 1 N–H and O–H groups in total. The van der Waals surface area contributed by atoms with Crippen LogP contribution in [-0.4, -0.2) is 25.7 Å². The minimum absolute atomic E-state index is 0.368. The molecule has 0 saturated heterocycles. The van der Waals surface area contributed by atoms with Gasteiger partial charge in [-0.05, 0) is 26.0 Å². The van der Waals surface area contributed by atoms with E-state index in [9.17, 15) is 4.79 Å². The van der Waals surface area contributed by atoms with Crippen LogP contribution in [0.25, 0.3) is 0 Å². The largest absolute Gasteiger partial charge is 0.478 e. The van der Waals surface area contributed by atoms with Gasteiger partial charge in [-0.2, -0.15) is 0 Å². The van der Waals surface area contributed by atoms with E-state index in [0.29, 0.717) is 0 Å². The van der Waals surface area contributed by atoms with E-state index in [-0.39, 0.29) is 5.97 Å². The topological polar surface area (TPSA) is 47.6 Å². The van der Waals surface area contributed by atoms with Gasteiger partial charge in [0, 0.05) is 12.1 Å². The predicted molar refractivity (Wildman–Crippen MR) is 70.7 cm³/mol. The van der Waals surface area contributed by atoms with Crippen LogP contribution in [0.5, 0.6) is 5.75 Å². The van der Waals surface area contributed by atoms with Crippen LogP contribution in [0.3, 0.4) is 0 Å². The zero-order chi connectivity index (χ0) is 13.5.